The van der Waals surface area contributed by atoms with Crippen molar-refractivity contribution in [3.8, 4) is 0 Å². The quantitative estimate of drug-likeness (QED) is 0.657. The maximum Gasteiger partial charge on any atom is 0.269 e. The Labute approximate surface area is 111 Å². The number of thioether (sulfide) groups is 1. The van der Waals surface area contributed by atoms with Crippen molar-refractivity contribution in [3.05, 3.63) is 39.9 Å². The molecule has 2 atom stereocenters. The molecule has 1 fully saturated rings. The monoisotopic (exact) mass is 266 g/mol. The van der Waals surface area contributed by atoms with E-state index in [-0.39, 0.29) is 10.6 Å². The fourth-order valence-corrected chi connectivity index (χ4v) is 3.82. The van der Waals surface area contributed by atoms with Crippen molar-refractivity contribution in [3.63, 3.8) is 0 Å². The first-order valence-corrected chi connectivity index (χ1v) is 7.40. The van der Waals surface area contributed by atoms with Gasteiger partial charge in [-0.3, -0.25) is 10.1 Å². The second-order valence-electron chi connectivity index (χ2n) is 4.59. The van der Waals surface area contributed by atoms with E-state index >= 15 is 0 Å². The second-order valence-corrected chi connectivity index (χ2v) is 5.67. The van der Waals surface area contributed by atoms with Gasteiger partial charge in [0.25, 0.3) is 5.69 Å². The summed E-state index contributed by atoms with van der Waals surface area (Å²) in [6.45, 7) is 3.10. The Balaban J connectivity index is 2.04. The molecule has 1 aromatic carbocycles. The molecule has 0 aromatic heterocycles. The Bertz CT molecular complexity index is 425. The van der Waals surface area contributed by atoms with Gasteiger partial charge in [-0.05, 0) is 30.2 Å². The molecule has 1 heterocycles. The van der Waals surface area contributed by atoms with Gasteiger partial charge in [-0.1, -0.05) is 19.1 Å². The van der Waals surface area contributed by atoms with E-state index in [9.17, 15) is 10.1 Å². The number of non-ortho nitro benzene ring substituents is 1. The van der Waals surface area contributed by atoms with Gasteiger partial charge in [0, 0.05) is 23.9 Å². The summed E-state index contributed by atoms with van der Waals surface area (Å²) >= 11 is 1.96. The van der Waals surface area contributed by atoms with Crippen LogP contribution in [0.1, 0.15) is 12.5 Å². The van der Waals surface area contributed by atoms with Crippen LogP contribution in [0.2, 0.25) is 0 Å². The van der Waals surface area contributed by atoms with Crippen molar-refractivity contribution in [2.45, 2.75) is 19.4 Å². The van der Waals surface area contributed by atoms with Gasteiger partial charge in [-0.15, -0.1) is 0 Å². The van der Waals surface area contributed by atoms with E-state index < -0.39 is 0 Å². The molecule has 1 saturated heterocycles. The van der Waals surface area contributed by atoms with E-state index in [1.807, 2.05) is 17.8 Å². The molecule has 0 amide bonds. The first kappa shape index (κ1) is 13.4. The summed E-state index contributed by atoms with van der Waals surface area (Å²) < 4.78 is 0. The highest BCUT2D eigenvalue weighted by Gasteiger charge is 2.27. The molecule has 1 aliphatic rings. The molecule has 1 aliphatic heterocycles. The molecular formula is C13H18N2O2S. The first-order chi connectivity index (χ1) is 8.70. The average Bonchev–Trinajstić information content (AvgIpc) is 2.77. The van der Waals surface area contributed by atoms with Crippen molar-refractivity contribution in [1.82, 2.24) is 5.32 Å². The molecule has 4 nitrogen and oxygen atoms in total. The molecule has 0 saturated carbocycles. The zero-order valence-corrected chi connectivity index (χ0v) is 11.3. The van der Waals surface area contributed by atoms with E-state index in [0.29, 0.717) is 12.0 Å². The van der Waals surface area contributed by atoms with Crippen molar-refractivity contribution in [2.24, 2.45) is 5.92 Å². The molecule has 1 N–H and O–H groups in total. The largest absolute Gasteiger partial charge is 0.313 e. The summed E-state index contributed by atoms with van der Waals surface area (Å²) in [6.07, 6.45) is 0.923. The first-order valence-electron chi connectivity index (χ1n) is 6.25. The zero-order chi connectivity index (χ0) is 13.0. The van der Waals surface area contributed by atoms with Crippen molar-refractivity contribution >= 4 is 17.4 Å². The third-order valence-corrected chi connectivity index (χ3v) is 4.54. The van der Waals surface area contributed by atoms with E-state index in [4.69, 9.17) is 0 Å². The summed E-state index contributed by atoms with van der Waals surface area (Å²) in [7, 11) is 0. The number of benzene rings is 1. The third-order valence-electron chi connectivity index (χ3n) is 3.28. The number of rotatable bonds is 5. The second kappa shape index (κ2) is 6.20. The predicted octanol–water partition coefficient (Wildman–Crippen LogP) is 2.48. The van der Waals surface area contributed by atoms with Crippen LogP contribution >= 0.6 is 11.8 Å². The van der Waals surface area contributed by atoms with Crippen LogP contribution < -0.4 is 5.32 Å². The number of hydrogen-bond donors (Lipinski definition) is 1. The summed E-state index contributed by atoms with van der Waals surface area (Å²) in [6, 6.07) is 7.55. The van der Waals surface area contributed by atoms with Gasteiger partial charge in [0.1, 0.15) is 0 Å². The number of hydrogen-bond acceptors (Lipinski definition) is 4. The van der Waals surface area contributed by atoms with Crippen LogP contribution in [0, 0.1) is 16.0 Å². The smallest absolute Gasteiger partial charge is 0.269 e. The van der Waals surface area contributed by atoms with E-state index in [1.54, 1.807) is 18.2 Å². The number of nitro groups is 1. The summed E-state index contributed by atoms with van der Waals surface area (Å²) in [5.41, 5.74) is 1.26. The van der Waals surface area contributed by atoms with E-state index in [0.717, 1.165) is 30.0 Å². The molecular weight excluding hydrogens is 248 g/mol. The van der Waals surface area contributed by atoms with Crippen molar-refractivity contribution in [2.75, 3.05) is 18.1 Å². The summed E-state index contributed by atoms with van der Waals surface area (Å²) in [5, 5.41) is 14.2. The molecule has 2 rings (SSSR count). The molecule has 0 bridgehead atoms. The molecule has 18 heavy (non-hydrogen) atoms. The van der Waals surface area contributed by atoms with Crippen LogP contribution in [0.3, 0.4) is 0 Å². The lowest BCUT2D eigenvalue weighted by Gasteiger charge is -2.19. The normalized spacial score (nSPS) is 23.2. The predicted molar refractivity (Wildman–Crippen MR) is 75.1 cm³/mol. The number of nitrogens with zero attached hydrogens (tertiary/aromatic N) is 1. The van der Waals surface area contributed by atoms with Crippen LogP contribution in [0.4, 0.5) is 5.69 Å². The van der Waals surface area contributed by atoms with Crippen LogP contribution in [-0.4, -0.2) is 29.0 Å². The topological polar surface area (TPSA) is 55.2 Å². The fraction of sp³-hybridized carbons (Fsp3) is 0.538. The molecule has 2 unspecified atom stereocenters. The van der Waals surface area contributed by atoms with Crippen LogP contribution in [0.15, 0.2) is 24.3 Å². The molecule has 98 valence electrons. The molecule has 0 aliphatic carbocycles. The Hall–Kier alpha value is -1.07. The van der Waals surface area contributed by atoms with Gasteiger partial charge in [-0.25, -0.2) is 0 Å². The van der Waals surface area contributed by atoms with Gasteiger partial charge in [-0.2, -0.15) is 11.8 Å². The van der Waals surface area contributed by atoms with Crippen LogP contribution in [-0.2, 0) is 6.42 Å². The van der Waals surface area contributed by atoms with Crippen LogP contribution in [0.5, 0.6) is 0 Å². The highest BCUT2D eigenvalue weighted by molar-refractivity contribution is 7.99. The molecule has 1 aromatic rings. The van der Waals surface area contributed by atoms with Gasteiger partial charge >= 0.3 is 0 Å². The highest BCUT2D eigenvalue weighted by atomic mass is 32.2. The Morgan fingerprint density at radius 3 is 3.06 bits per heavy atom. The molecule has 5 heteroatoms. The van der Waals surface area contributed by atoms with Gasteiger partial charge in [0.15, 0.2) is 0 Å². The standard InChI is InChI=1S/C13H18N2O2S/c1-2-14-13-9-18-8-11(13)6-10-4-3-5-12(7-10)15(16)17/h3-5,7,11,13-14H,2,6,8-9H2,1H3. The Morgan fingerprint density at radius 2 is 2.33 bits per heavy atom. The SMILES string of the molecule is CCNC1CSCC1Cc1cccc([N+](=O)[O-])c1. The lowest BCUT2D eigenvalue weighted by atomic mass is 9.95. The minimum absolute atomic E-state index is 0.193. The van der Waals surface area contributed by atoms with Gasteiger partial charge < -0.3 is 5.32 Å². The molecule has 0 spiro atoms. The summed E-state index contributed by atoms with van der Waals surface area (Å²) in [5.74, 6) is 2.87. The lowest BCUT2D eigenvalue weighted by Crippen LogP contribution is -2.36. The minimum Gasteiger partial charge on any atom is -0.313 e. The summed E-state index contributed by atoms with van der Waals surface area (Å²) in [4.78, 5) is 10.4. The van der Waals surface area contributed by atoms with Crippen molar-refractivity contribution in [1.29, 1.82) is 0 Å². The lowest BCUT2D eigenvalue weighted by molar-refractivity contribution is -0.384. The van der Waals surface area contributed by atoms with Gasteiger partial charge in [0.2, 0.25) is 0 Å². The Kier molecular flexibility index (Phi) is 4.60. The minimum atomic E-state index is -0.325. The maximum absolute atomic E-state index is 10.7. The maximum atomic E-state index is 10.7. The zero-order valence-electron chi connectivity index (χ0n) is 10.5. The van der Waals surface area contributed by atoms with Crippen molar-refractivity contribution < 1.29 is 4.92 Å². The molecule has 0 radical (unpaired) electrons. The van der Waals surface area contributed by atoms with E-state index in [2.05, 4.69) is 12.2 Å². The third kappa shape index (κ3) is 3.23. The highest BCUT2D eigenvalue weighted by Crippen LogP contribution is 2.28. The number of nitro benzene ring substituents is 1. The average molecular weight is 266 g/mol. The fourth-order valence-electron chi connectivity index (χ4n) is 2.39. The van der Waals surface area contributed by atoms with E-state index in [1.165, 1.54) is 0 Å². The Morgan fingerprint density at radius 1 is 1.50 bits per heavy atom. The van der Waals surface area contributed by atoms with Gasteiger partial charge in [0.05, 0.1) is 4.92 Å². The number of nitrogens with one attached hydrogen (secondary N) is 1. The van der Waals surface area contributed by atoms with Crippen LogP contribution in [0.25, 0.3) is 0 Å².